The van der Waals surface area contributed by atoms with Crippen LogP contribution in [0.5, 0.6) is 5.75 Å². The van der Waals surface area contributed by atoms with Crippen molar-refractivity contribution in [1.29, 1.82) is 0 Å². The number of nitrogens with zero attached hydrogens (tertiary/aromatic N) is 4. The molecule has 1 aliphatic rings. The summed E-state index contributed by atoms with van der Waals surface area (Å²) in [5, 5.41) is 0.475. The Kier molecular flexibility index (Phi) is 5.68. The van der Waals surface area contributed by atoms with Crippen LogP contribution in [0.2, 0.25) is 5.02 Å². The summed E-state index contributed by atoms with van der Waals surface area (Å²) in [6.07, 6.45) is 5.15. The van der Waals surface area contributed by atoms with Gasteiger partial charge in [-0.15, -0.1) is 0 Å². The number of hydrogen-bond donors (Lipinski definition) is 0. The molecule has 0 atom stereocenters. The number of carbonyl (C=O) groups excluding carboxylic acids is 2. The Labute approximate surface area is 156 Å². The lowest BCUT2D eigenvalue weighted by Crippen LogP contribution is -2.37. The second-order valence-electron chi connectivity index (χ2n) is 5.87. The van der Waals surface area contributed by atoms with E-state index in [1.54, 1.807) is 28.0 Å². The highest BCUT2D eigenvalue weighted by atomic mass is 35.5. The zero-order chi connectivity index (χ0) is 18.5. The topological polar surface area (TPSA) is 75.6 Å². The fourth-order valence-corrected chi connectivity index (χ4v) is 3.08. The van der Waals surface area contributed by atoms with Crippen LogP contribution in [0.1, 0.15) is 27.3 Å². The molecule has 2 amide bonds. The third kappa shape index (κ3) is 3.94. The summed E-state index contributed by atoms with van der Waals surface area (Å²) in [5.74, 6) is 0.155. The molecule has 0 unspecified atom stereocenters. The number of benzene rings is 1. The molecule has 1 aliphatic heterocycles. The Morgan fingerprint density at radius 2 is 1.81 bits per heavy atom. The molecule has 8 heteroatoms. The first kappa shape index (κ1) is 18.1. The Morgan fingerprint density at radius 3 is 2.46 bits per heavy atom. The summed E-state index contributed by atoms with van der Waals surface area (Å²) in [6, 6.07) is 4.97. The molecule has 3 rings (SSSR count). The first-order valence-corrected chi connectivity index (χ1v) is 8.66. The maximum atomic E-state index is 12.9. The highest BCUT2D eigenvalue weighted by Gasteiger charge is 2.25. The average Bonchev–Trinajstić information content (AvgIpc) is 2.93. The van der Waals surface area contributed by atoms with Crippen LogP contribution in [0.15, 0.2) is 36.8 Å². The zero-order valence-electron chi connectivity index (χ0n) is 14.4. The second-order valence-corrected chi connectivity index (χ2v) is 6.31. The number of halogens is 1. The molecule has 26 heavy (non-hydrogen) atoms. The molecule has 0 bridgehead atoms. The summed E-state index contributed by atoms with van der Waals surface area (Å²) in [4.78, 5) is 36.8. The van der Waals surface area contributed by atoms with Gasteiger partial charge in [0.15, 0.2) is 0 Å². The van der Waals surface area contributed by atoms with E-state index in [-0.39, 0.29) is 11.8 Å². The van der Waals surface area contributed by atoms with Crippen molar-refractivity contribution < 1.29 is 14.3 Å². The van der Waals surface area contributed by atoms with E-state index in [1.165, 1.54) is 25.7 Å². The van der Waals surface area contributed by atoms with Crippen LogP contribution < -0.4 is 4.74 Å². The van der Waals surface area contributed by atoms with Crippen molar-refractivity contribution in [1.82, 2.24) is 19.8 Å². The van der Waals surface area contributed by atoms with Crippen molar-refractivity contribution in [2.24, 2.45) is 0 Å². The molecule has 136 valence electrons. The van der Waals surface area contributed by atoms with Gasteiger partial charge >= 0.3 is 0 Å². The molecule has 1 aromatic carbocycles. The zero-order valence-corrected chi connectivity index (χ0v) is 15.1. The third-order valence-corrected chi connectivity index (χ3v) is 4.48. The van der Waals surface area contributed by atoms with Gasteiger partial charge in [0.1, 0.15) is 11.4 Å². The Balaban J connectivity index is 1.72. The van der Waals surface area contributed by atoms with Crippen molar-refractivity contribution in [2.45, 2.75) is 6.42 Å². The standard InChI is InChI=1S/C18H19ClN4O3/c1-26-16-4-3-13(19)11-14(16)17(24)22-7-2-8-23(10-9-22)18(25)15-12-20-5-6-21-15/h3-6,11-12H,2,7-10H2,1H3. The largest absolute Gasteiger partial charge is 0.496 e. The number of ether oxygens (including phenoxy) is 1. The quantitative estimate of drug-likeness (QED) is 0.822. The fraction of sp³-hybridized carbons (Fsp3) is 0.333. The van der Waals surface area contributed by atoms with Gasteiger partial charge in [-0.3, -0.25) is 14.6 Å². The minimum Gasteiger partial charge on any atom is -0.496 e. The number of aromatic nitrogens is 2. The van der Waals surface area contributed by atoms with Gasteiger partial charge in [0, 0.05) is 43.6 Å². The summed E-state index contributed by atoms with van der Waals surface area (Å²) < 4.78 is 5.27. The van der Waals surface area contributed by atoms with Crippen molar-refractivity contribution in [3.63, 3.8) is 0 Å². The minimum absolute atomic E-state index is 0.154. The molecule has 1 aromatic heterocycles. The van der Waals surface area contributed by atoms with Crippen LogP contribution in [-0.2, 0) is 0 Å². The van der Waals surface area contributed by atoms with E-state index in [4.69, 9.17) is 16.3 Å². The SMILES string of the molecule is COc1ccc(Cl)cc1C(=O)N1CCCN(C(=O)c2cnccn2)CC1. The van der Waals surface area contributed by atoms with Crippen molar-refractivity contribution in [3.05, 3.63) is 53.1 Å². The molecule has 1 fully saturated rings. The lowest BCUT2D eigenvalue weighted by atomic mass is 10.1. The van der Waals surface area contributed by atoms with Gasteiger partial charge in [0.2, 0.25) is 0 Å². The summed E-state index contributed by atoms with van der Waals surface area (Å²) in [6.45, 7) is 1.98. The Hall–Kier alpha value is -2.67. The van der Waals surface area contributed by atoms with E-state index in [0.717, 1.165) is 0 Å². The molecule has 1 saturated heterocycles. The van der Waals surface area contributed by atoms with Crippen LogP contribution in [0.25, 0.3) is 0 Å². The Morgan fingerprint density at radius 1 is 1.08 bits per heavy atom. The molecule has 2 heterocycles. The molecule has 2 aromatic rings. The van der Waals surface area contributed by atoms with E-state index >= 15 is 0 Å². The summed E-state index contributed by atoms with van der Waals surface area (Å²) in [7, 11) is 1.52. The maximum Gasteiger partial charge on any atom is 0.274 e. The monoisotopic (exact) mass is 374 g/mol. The van der Waals surface area contributed by atoms with Crippen LogP contribution >= 0.6 is 11.6 Å². The highest BCUT2D eigenvalue weighted by molar-refractivity contribution is 6.31. The third-order valence-electron chi connectivity index (χ3n) is 4.24. The highest BCUT2D eigenvalue weighted by Crippen LogP contribution is 2.24. The molecule has 0 N–H and O–H groups in total. The van der Waals surface area contributed by atoms with E-state index in [2.05, 4.69) is 9.97 Å². The van der Waals surface area contributed by atoms with Gasteiger partial charge in [-0.1, -0.05) is 11.6 Å². The van der Waals surface area contributed by atoms with Gasteiger partial charge < -0.3 is 14.5 Å². The molecule has 0 aliphatic carbocycles. The lowest BCUT2D eigenvalue weighted by Gasteiger charge is -2.22. The van der Waals surface area contributed by atoms with E-state index in [0.29, 0.717) is 54.6 Å². The van der Waals surface area contributed by atoms with Crippen molar-refractivity contribution in [2.75, 3.05) is 33.3 Å². The van der Waals surface area contributed by atoms with Gasteiger partial charge in [-0.05, 0) is 24.6 Å². The summed E-state index contributed by atoms with van der Waals surface area (Å²) >= 11 is 6.03. The maximum absolute atomic E-state index is 12.9. The molecule has 0 saturated carbocycles. The lowest BCUT2D eigenvalue weighted by molar-refractivity contribution is 0.0713. The minimum atomic E-state index is -0.173. The van der Waals surface area contributed by atoms with Gasteiger partial charge in [-0.25, -0.2) is 4.98 Å². The predicted molar refractivity (Wildman–Crippen MR) is 96.5 cm³/mol. The number of methoxy groups -OCH3 is 1. The first-order valence-electron chi connectivity index (χ1n) is 8.28. The van der Waals surface area contributed by atoms with Crippen LogP contribution in [0.3, 0.4) is 0 Å². The van der Waals surface area contributed by atoms with E-state index in [1.807, 2.05) is 0 Å². The summed E-state index contributed by atoms with van der Waals surface area (Å²) in [5.41, 5.74) is 0.734. The molecule has 0 spiro atoms. The molecule has 0 radical (unpaired) electrons. The number of carbonyl (C=O) groups is 2. The number of amides is 2. The van der Waals surface area contributed by atoms with E-state index < -0.39 is 0 Å². The Bertz CT molecular complexity index is 800. The van der Waals surface area contributed by atoms with E-state index in [9.17, 15) is 9.59 Å². The second kappa shape index (κ2) is 8.14. The van der Waals surface area contributed by atoms with Crippen LogP contribution in [0, 0.1) is 0 Å². The fourth-order valence-electron chi connectivity index (χ4n) is 2.91. The van der Waals surface area contributed by atoms with Crippen molar-refractivity contribution in [3.8, 4) is 5.75 Å². The molecule has 7 nitrogen and oxygen atoms in total. The predicted octanol–water partition coefficient (Wildman–Crippen LogP) is 2.13. The van der Waals surface area contributed by atoms with Gasteiger partial charge in [-0.2, -0.15) is 0 Å². The average molecular weight is 375 g/mol. The van der Waals surface area contributed by atoms with Gasteiger partial charge in [0.05, 0.1) is 18.9 Å². The number of hydrogen-bond acceptors (Lipinski definition) is 5. The smallest absolute Gasteiger partial charge is 0.274 e. The molecular formula is C18H19ClN4O3. The number of rotatable bonds is 3. The van der Waals surface area contributed by atoms with Crippen LogP contribution in [0.4, 0.5) is 0 Å². The van der Waals surface area contributed by atoms with Crippen LogP contribution in [-0.4, -0.2) is 64.9 Å². The first-order chi connectivity index (χ1) is 12.6. The normalized spacial score (nSPS) is 14.7. The van der Waals surface area contributed by atoms with Crippen molar-refractivity contribution >= 4 is 23.4 Å². The van der Waals surface area contributed by atoms with Gasteiger partial charge in [0.25, 0.3) is 11.8 Å². The molecular weight excluding hydrogens is 356 g/mol.